The topological polar surface area (TPSA) is 78.9 Å². The van der Waals surface area contributed by atoms with Gasteiger partial charge in [-0.25, -0.2) is 0 Å². The first kappa shape index (κ1) is 34.8. The molecule has 6 atom stereocenters. The van der Waals surface area contributed by atoms with Gasteiger partial charge >= 0.3 is 17.9 Å². The summed E-state index contributed by atoms with van der Waals surface area (Å²) >= 11 is 1.74. The molecular weight excluding hydrogens is 621 g/mol. The summed E-state index contributed by atoms with van der Waals surface area (Å²) in [5.41, 5.74) is 5.06. The second-order valence-corrected chi connectivity index (χ2v) is 18.0. The van der Waals surface area contributed by atoms with Crippen LogP contribution in [-0.4, -0.2) is 17.9 Å². The van der Waals surface area contributed by atoms with Crippen molar-refractivity contribution in [1.29, 1.82) is 0 Å². The molecule has 0 amide bonds. The third-order valence-electron chi connectivity index (χ3n) is 13.1. The molecule has 258 valence electrons. The Morgan fingerprint density at radius 1 is 0.771 bits per heavy atom. The van der Waals surface area contributed by atoms with Gasteiger partial charge in [-0.1, -0.05) is 53.2 Å². The Morgan fingerprint density at radius 3 is 2.02 bits per heavy atom. The van der Waals surface area contributed by atoms with E-state index < -0.39 is 11.9 Å². The predicted octanol–water partition coefficient (Wildman–Crippen LogP) is 10.2. The lowest BCUT2D eigenvalue weighted by molar-refractivity contribution is -0.156. The van der Waals surface area contributed by atoms with Crippen molar-refractivity contribution in [3.8, 4) is 17.2 Å². The Morgan fingerprint density at radius 2 is 1.40 bits per heavy atom. The van der Waals surface area contributed by atoms with Gasteiger partial charge in [0, 0.05) is 36.6 Å². The number of fused-ring (bicyclic) bond motifs is 7. The van der Waals surface area contributed by atoms with Crippen LogP contribution in [0.3, 0.4) is 0 Å². The molecule has 3 saturated carbocycles. The van der Waals surface area contributed by atoms with Crippen LogP contribution >= 0.6 is 11.8 Å². The largest absolute Gasteiger partial charge is 0.427 e. The summed E-state index contributed by atoms with van der Waals surface area (Å²) in [4.78, 5) is 37.3. The Balaban J connectivity index is 1.54. The third kappa shape index (κ3) is 5.62. The monoisotopic (exact) mass is 672 g/mol. The number of carbonyl (C=O) groups excluding carboxylic acids is 3. The summed E-state index contributed by atoms with van der Waals surface area (Å²) in [5, 5.41) is -0.0846. The standard InChI is InChI=1S/C41H52O6S/c1-24-35-30(21-31(46-26(3)43)36(24)47-27(4)44)39(8)18-20-41(10)34-23-37(5,6)15-16-38(34,7)17-19-40(41,9)33(39)22-32(35)48-29-13-11-28(12-14-29)45-25(2)42/h11-14,21-22,32,34H,15-20,23H2,1-10H3/t32?,34-,38-,39+,40-,41+/m1/s1. The lowest BCUT2D eigenvalue weighted by Gasteiger charge is -2.70. The number of hydrogen-bond acceptors (Lipinski definition) is 7. The van der Waals surface area contributed by atoms with Crippen LogP contribution < -0.4 is 14.2 Å². The average molecular weight is 673 g/mol. The first-order valence-electron chi connectivity index (χ1n) is 17.5. The fourth-order valence-electron chi connectivity index (χ4n) is 10.3. The maximum atomic E-state index is 12.4. The molecule has 0 aliphatic heterocycles. The van der Waals surface area contributed by atoms with Crippen LogP contribution in [0.25, 0.3) is 0 Å². The molecule has 4 aliphatic rings. The van der Waals surface area contributed by atoms with E-state index in [-0.39, 0.29) is 27.5 Å². The molecule has 48 heavy (non-hydrogen) atoms. The molecule has 7 heteroatoms. The molecule has 0 saturated heterocycles. The van der Waals surface area contributed by atoms with Gasteiger partial charge in [-0.2, -0.15) is 0 Å². The lowest BCUT2D eigenvalue weighted by Crippen LogP contribution is -2.62. The van der Waals surface area contributed by atoms with Gasteiger partial charge < -0.3 is 14.2 Å². The van der Waals surface area contributed by atoms with Gasteiger partial charge in [0.15, 0.2) is 11.5 Å². The highest BCUT2D eigenvalue weighted by molar-refractivity contribution is 7.99. The minimum Gasteiger partial charge on any atom is -0.427 e. The highest BCUT2D eigenvalue weighted by Crippen LogP contribution is 2.75. The van der Waals surface area contributed by atoms with Gasteiger partial charge in [-0.3, -0.25) is 14.4 Å². The molecule has 3 fully saturated rings. The number of hydrogen-bond donors (Lipinski definition) is 0. The molecule has 0 radical (unpaired) electrons. The van der Waals surface area contributed by atoms with Gasteiger partial charge in [0.2, 0.25) is 0 Å². The molecule has 4 aliphatic carbocycles. The number of allylic oxidation sites excluding steroid dienone is 1. The highest BCUT2D eigenvalue weighted by atomic mass is 32.2. The number of benzene rings is 2. The summed E-state index contributed by atoms with van der Waals surface area (Å²) in [6, 6.07) is 9.64. The Hall–Kier alpha value is -3.06. The molecule has 6 nitrogen and oxygen atoms in total. The maximum absolute atomic E-state index is 12.4. The zero-order valence-electron chi connectivity index (χ0n) is 30.4. The van der Waals surface area contributed by atoms with Gasteiger partial charge in [0.05, 0.1) is 5.25 Å². The summed E-state index contributed by atoms with van der Waals surface area (Å²) in [5.74, 6) is 0.481. The van der Waals surface area contributed by atoms with E-state index in [4.69, 9.17) is 14.2 Å². The van der Waals surface area contributed by atoms with Crippen molar-refractivity contribution in [2.24, 2.45) is 27.6 Å². The minimum atomic E-state index is -0.462. The normalized spacial score (nSPS) is 33.2. The molecule has 0 N–H and O–H groups in total. The Kier molecular flexibility index (Phi) is 8.54. The van der Waals surface area contributed by atoms with E-state index in [9.17, 15) is 14.4 Å². The SMILES string of the molecule is CC(=O)Oc1ccc(SC2C=C3[C@@](C)(CC[C@@]4(C)[C@@H]5CC(C)(C)CC[C@]5(C)CC[C@]34C)c3cc(OC(C)=O)c(OC(C)=O)c(C)c32)cc1. The smallest absolute Gasteiger partial charge is 0.308 e. The predicted molar refractivity (Wildman–Crippen MR) is 189 cm³/mol. The zero-order chi connectivity index (χ0) is 35.0. The van der Waals surface area contributed by atoms with Crippen molar-refractivity contribution in [2.75, 3.05) is 0 Å². The molecule has 6 rings (SSSR count). The van der Waals surface area contributed by atoms with Crippen molar-refractivity contribution < 1.29 is 28.6 Å². The molecule has 0 bridgehead atoms. The van der Waals surface area contributed by atoms with Gasteiger partial charge in [-0.15, -0.1) is 11.8 Å². The summed E-state index contributed by atoms with van der Waals surface area (Å²) in [7, 11) is 0. The average Bonchev–Trinajstić information content (AvgIpc) is 2.98. The lowest BCUT2D eigenvalue weighted by atomic mass is 9.34. The number of carbonyl (C=O) groups is 3. The zero-order valence-corrected chi connectivity index (χ0v) is 31.2. The quantitative estimate of drug-likeness (QED) is 0.178. The minimum absolute atomic E-state index is 0.0304. The van der Waals surface area contributed by atoms with Crippen molar-refractivity contribution in [1.82, 2.24) is 0 Å². The second kappa shape index (κ2) is 11.8. The van der Waals surface area contributed by atoms with Crippen molar-refractivity contribution in [3.05, 3.63) is 58.7 Å². The fraction of sp³-hybridized carbons (Fsp3) is 0.585. The summed E-state index contributed by atoms with van der Waals surface area (Å²) in [6.45, 7) is 21.2. The molecule has 2 aromatic rings. The maximum Gasteiger partial charge on any atom is 0.308 e. The van der Waals surface area contributed by atoms with E-state index in [0.717, 1.165) is 40.8 Å². The van der Waals surface area contributed by atoms with E-state index in [2.05, 4.69) is 47.6 Å². The number of ether oxygens (including phenoxy) is 3. The van der Waals surface area contributed by atoms with Crippen LogP contribution in [0.2, 0.25) is 0 Å². The van der Waals surface area contributed by atoms with Gasteiger partial charge in [0.1, 0.15) is 5.75 Å². The summed E-state index contributed by atoms with van der Waals surface area (Å²) in [6.07, 6.45) is 10.9. The van der Waals surface area contributed by atoms with Crippen LogP contribution in [0.5, 0.6) is 17.2 Å². The van der Waals surface area contributed by atoms with Crippen molar-refractivity contribution in [2.45, 2.75) is 130 Å². The van der Waals surface area contributed by atoms with Crippen LogP contribution in [0.4, 0.5) is 0 Å². The van der Waals surface area contributed by atoms with E-state index >= 15 is 0 Å². The van der Waals surface area contributed by atoms with Crippen LogP contribution in [0, 0.1) is 34.5 Å². The molecule has 0 heterocycles. The van der Waals surface area contributed by atoms with Crippen molar-refractivity contribution in [3.63, 3.8) is 0 Å². The van der Waals surface area contributed by atoms with Crippen LogP contribution in [0.15, 0.2) is 46.9 Å². The molecular formula is C41H52O6S. The first-order valence-corrected chi connectivity index (χ1v) is 18.4. The Bertz CT molecular complexity index is 1710. The van der Waals surface area contributed by atoms with Crippen LogP contribution in [0.1, 0.15) is 129 Å². The van der Waals surface area contributed by atoms with Gasteiger partial charge in [-0.05, 0) is 121 Å². The van der Waals surface area contributed by atoms with E-state index in [0.29, 0.717) is 34.0 Å². The van der Waals surface area contributed by atoms with E-state index in [1.54, 1.807) is 11.8 Å². The Labute approximate surface area is 290 Å². The highest BCUT2D eigenvalue weighted by Gasteiger charge is 2.66. The number of thioether (sulfide) groups is 1. The van der Waals surface area contributed by atoms with Crippen LogP contribution in [-0.2, 0) is 19.8 Å². The molecule has 1 unspecified atom stereocenters. The molecule has 0 spiro atoms. The fourth-order valence-corrected chi connectivity index (χ4v) is 11.5. The summed E-state index contributed by atoms with van der Waals surface area (Å²) < 4.78 is 16.9. The third-order valence-corrected chi connectivity index (χ3v) is 14.3. The van der Waals surface area contributed by atoms with Crippen molar-refractivity contribution >= 4 is 29.7 Å². The number of esters is 3. The van der Waals surface area contributed by atoms with E-state index in [1.165, 1.54) is 52.0 Å². The molecule has 0 aromatic heterocycles. The van der Waals surface area contributed by atoms with E-state index in [1.807, 2.05) is 37.3 Å². The second-order valence-electron chi connectivity index (χ2n) is 16.8. The number of rotatable bonds is 5. The first-order chi connectivity index (χ1) is 22.3. The molecule has 2 aromatic carbocycles. The van der Waals surface area contributed by atoms with Gasteiger partial charge in [0.25, 0.3) is 0 Å².